The zero-order chi connectivity index (χ0) is 11.9. The normalized spacial score (nSPS) is 11.4. The molecule has 1 N–H and O–H groups in total. The molecule has 0 aliphatic heterocycles. The van der Waals surface area contributed by atoms with Gasteiger partial charge in [0.1, 0.15) is 0 Å². The van der Waals surface area contributed by atoms with E-state index in [0.717, 1.165) is 13.1 Å². The quantitative estimate of drug-likeness (QED) is 0.303. The molecular formula is C14H28ClN. The van der Waals surface area contributed by atoms with E-state index < -0.39 is 0 Å². The smallest absolute Gasteiger partial charge is 0.0404 e. The van der Waals surface area contributed by atoms with E-state index >= 15 is 0 Å². The van der Waals surface area contributed by atoms with Crippen molar-refractivity contribution in [1.82, 2.24) is 5.32 Å². The van der Waals surface area contributed by atoms with Gasteiger partial charge in [-0.25, -0.2) is 0 Å². The Morgan fingerprint density at radius 2 is 1.50 bits per heavy atom. The summed E-state index contributed by atoms with van der Waals surface area (Å²) in [6.07, 6.45) is 15.2. The van der Waals surface area contributed by atoms with Gasteiger partial charge in [0, 0.05) is 12.4 Å². The summed E-state index contributed by atoms with van der Waals surface area (Å²) in [7, 11) is 0. The second kappa shape index (κ2) is 15.0. The summed E-state index contributed by atoms with van der Waals surface area (Å²) in [5.41, 5.74) is 0. The number of unbranched alkanes of at least 4 members (excludes halogenated alkanes) is 7. The molecule has 0 atom stereocenters. The van der Waals surface area contributed by atoms with Gasteiger partial charge < -0.3 is 5.32 Å². The van der Waals surface area contributed by atoms with Crippen LogP contribution in [0.1, 0.15) is 58.3 Å². The molecular weight excluding hydrogens is 218 g/mol. The predicted molar refractivity (Wildman–Crippen MR) is 75.3 cm³/mol. The minimum atomic E-state index is 0.624. The fourth-order valence-electron chi connectivity index (χ4n) is 1.72. The highest BCUT2D eigenvalue weighted by atomic mass is 35.5. The van der Waals surface area contributed by atoms with Crippen molar-refractivity contribution >= 4 is 11.6 Å². The molecule has 0 saturated heterocycles. The monoisotopic (exact) mass is 245 g/mol. The van der Waals surface area contributed by atoms with Gasteiger partial charge in [-0.05, 0) is 13.0 Å². The average Bonchev–Trinajstić information content (AvgIpc) is 2.31. The first-order valence-corrected chi connectivity index (χ1v) is 7.37. The second-order valence-corrected chi connectivity index (χ2v) is 4.61. The highest BCUT2D eigenvalue weighted by Gasteiger charge is 1.90. The molecule has 0 amide bonds. The van der Waals surface area contributed by atoms with Crippen molar-refractivity contribution in [3.05, 3.63) is 12.2 Å². The van der Waals surface area contributed by atoms with Gasteiger partial charge in [0.05, 0.1) is 0 Å². The van der Waals surface area contributed by atoms with Gasteiger partial charge >= 0.3 is 0 Å². The van der Waals surface area contributed by atoms with Crippen molar-refractivity contribution in [2.75, 3.05) is 19.0 Å². The fourth-order valence-corrected chi connectivity index (χ4v) is 1.84. The molecule has 0 spiro atoms. The largest absolute Gasteiger partial charge is 0.313 e. The molecule has 2 heteroatoms. The number of halogens is 1. The summed E-state index contributed by atoms with van der Waals surface area (Å²) in [6, 6.07) is 0. The van der Waals surface area contributed by atoms with Crippen LogP contribution < -0.4 is 5.32 Å². The van der Waals surface area contributed by atoms with Gasteiger partial charge in [0.15, 0.2) is 0 Å². The van der Waals surface area contributed by atoms with Crippen LogP contribution in [0.2, 0.25) is 0 Å². The summed E-state index contributed by atoms with van der Waals surface area (Å²) >= 11 is 5.52. The third kappa shape index (κ3) is 14.0. The second-order valence-electron chi connectivity index (χ2n) is 4.30. The molecule has 0 unspecified atom stereocenters. The fraction of sp³-hybridized carbons (Fsp3) is 0.857. The van der Waals surface area contributed by atoms with Crippen molar-refractivity contribution < 1.29 is 0 Å². The number of nitrogens with one attached hydrogen (secondary N) is 1. The van der Waals surface area contributed by atoms with Crippen molar-refractivity contribution in [3.63, 3.8) is 0 Å². The van der Waals surface area contributed by atoms with E-state index in [2.05, 4.69) is 18.3 Å². The van der Waals surface area contributed by atoms with Crippen molar-refractivity contribution in [2.24, 2.45) is 0 Å². The minimum absolute atomic E-state index is 0.624. The highest BCUT2D eigenvalue weighted by molar-refractivity contribution is 6.18. The Kier molecular flexibility index (Phi) is 15.0. The van der Waals surface area contributed by atoms with Crippen LogP contribution in [0.5, 0.6) is 0 Å². The molecule has 1 nitrogen and oxygen atoms in total. The molecule has 0 aliphatic carbocycles. The van der Waals surface area contributed by atoms with Crippen LogP contribution in [0, 0.1) is 0 Å². The zero-order valence-corrected chi connectivity index (χ0v) is 11.6. The maximum Gasteiger partial charge on any atom is 0.0404 e. The van der Waals surface area contributed by atoms with E-state index in [9.17, 15) is 0 Å². The van der Waals surface area contributed by atoms with Crippen LogP contribution >= 0.6 is 11.6 Å². The van der Waals surface area contributed by atoms with Crippen LogP contribution in [0.3, 0.4) is 0 Å². The first-order chi connectivity index (χ1) is 7.91. The van der Waals surface area contributed by atoms with Crippen molar-refractivity contribution in [2.45, 2.75) is 58.3 Å². The molecule has 96 valence electrons. The third-order valence-electron chi connectivity index (χ3n) is 2.73. The van der Waals surface area contributed by atoms with E-state index in [1.54, 1.807) is 0 Å². The van der Waals surface area contributed by atoms with E-state index in [4.69, 9.17) is 11.6 Å². The Morgan fingerprint density at radius 1 is 0.875 bits per heavy atom. The number of hydrogen-bond acceptors (Lipinski definition) is 1. The molecule has 0 bridgehead atoms. The molecule has 0 aromatic rings. The van der Waals surface area contributed by atoms with Crippen LogP contribution in [-0.2, 0) is 0 Å². The summed E-state index contributed by atoms with van der Waals surface area (Å²) in [6.45, 7) is 4.37. The Morgan fingerprint density at radius 3 is 2.12 bits per heavy atom. The van der Waals surface area contributed by atoms with Gasteiger partial charge in [-0.15, -0.1) is 11.6 Å². The maximum absolute atomic E-state index is 5.52. The molecule has 0 heterocycles. The summed E-state index contributed by atoms with van der Waals surface area (Å²) in [5, 5.41) is 3.39. The van der Waals surface area contributed by atoms with Crippen LogP contribution in [-0.4, -0.2) is 19.0 Å². The topological polar surface area (TPSA) is 12.0 Å². The molecule has 0 saturated carbocycles. The molecule has 0 aromatic heterocycles. The predicted octanol–water partition coefficient (Wildman–Crippen LogP) is 4.51. The number of rotatable bonds is 12. The van der Waals surface area contributed by atoms with Gasteiger partial charge in [-0.1, -0.05) is 64.0 Å². The Labute approximate surface area is 107 Å². The lowest BCUT2D eigenvalue weighted by molar-refractivity contribution is 0.563. The van der Waals surface area contributed by atoms with Crippen LogP contribution in [0.4, 0.5) is 0 Å². The first kappa shape index (κ1) is 16.0. The van der Waals surface area contributed by atoms with Crippen LogP contribution in [0.25, 0.3) is 0 Å². The van der Waals surface area contributed by atoms with E-state index in [1.807, 2.05) is 6.08 Å². The average molecular weight is 246 g/mol. The van der Waals surface area contributed by atoms with Crippen molar-refractivity contribution in [1.29, 1.82) is 0 Å². The summed E-state index contributed by atoms with van der Waals surface area (Å²) in [4.78, 5) is 0. The third-order valence-corrected chi connectivity index (χ3v) is 2.90. The maximum atomic E-state index is 5.52. The van der Waals surface area contributed by atoms with Crippen LogP contribution in [0.15, 0.2) is 12.2 Å². The lowest BCUT2D eigenvalue weighted by Crippen LogP contribution is -2.14. The minimum Gasteiger partial charge on any atom is -0.313 e. The number of hydrogen-bond donors (Lipinski definition) is 1. The SMILES string of the molecule is CCCCCCCCCCNC/C=C/CCl. The van der Waals surface area contributed by atoms with E-state index in [1.165, 1.54) is 51.4 Å². The number of alkyl halides is 1. The Hall–Kier alpha value is -0.0100. The van der Waals surface area contributed by atoms with Gasteiger partial charge in [-0.3, -0.25) is 0 Å². The molecule has 0 fully saturated rings. The molecule has 0 rings (SSSR count). The molecule has 16 heavy (non-hydrogen) atoms. The molecule has 0 aromatic carbocycles. The number of allylic oxidation sites excluding steroid dienone is 1. The summed E-state index contributed by atoms with van der Waals surface area (Å²) in [5.74, 6) is 0.624. The van der Waals surface area contributed by atoms with E-state index in [-0.39, 0.29) is 0 Å². The lowest BCUT2D eigenvalue weighted by Gasteiger charge is -2.02. The van der Waals surface area contributed by atoms with Gasteiger partial charge in [0.2, 0.25) is 0 Å². The van der Waals surface area contributed by atoms with E-state index in [0.29, 0.717) is 5.88 Å². The van der Waals surface area contributed by atoms with Crippen molar-refractivity contribution in [3.8, 4) is 0 Å². The van der Waals surface area contributed by atoms with Gasteiger partial charge in [0.25, 0.3) is 0 Å². The summed E-state index contributed by atoms with van der Waals surface area (Å²) < 4.78 is 0. The Balaban J connectivity index is 2.90. The molecule has 0 aliphatic rings. The first-order valence-electron chi connectivity index (χ1n) is 6.83. The Bertz CT molecular complexity index is 146. The van der Waals surface area contributed by atoms with Gasteiger partial charge in [-0.2, -0.15) is 0 Å². The lowest BCUT2D eigenvalue weighted by atomic mass is 10.1. The standard InChI is InChI=1S/C14H28ClN/c1-2-3-4-5-6-7-8-10-13-16-14-11-9-12-15/h9,11,16H,2-8,10,12-14H2,1H3/b11-9+. The highest BCUT2D eigenvalue weighted by Crippen LogP contribution is 2.07. The zero-order valence-electron chi connectivity index (χ0n) is 10.8. The molecule has 0 radical (unpaired) electrons.